The van der Waals surface area contributed by atoms with E-state index in [0.29, 0.717) is 11.8 Å². The third kappa shape index (κ3) is 2.46. The van der Waals surface area contributed by atoms with Crippen LogP contribution in [0.3, 0.4) is 0 Å². The zero-order valence-corrected chi connectivity index (χ0v) is 11.7. The molecular formula is C15H23NO2. The quantitative estimate of drug-likeness (QED) is 0.890. The molecule has 1 heterocycles. The van der Waals surface area contributed by atoms with Gasteiger partial charge in [-0.25, -0.2) is 0 Å². The van der Waals surface area contributed by atoms with Gasteiger partial charge in [0.15, 0.2) is 0 Å². The highest BCUT2D eigenvalue weighted by molar-refractivity contribution is 5.51. The lowest BCUT2D eigenvalue weighted by molar-refractivity contribution is 0.368. The van der Waals surface area contributed by atoms with E-state index in [-0.39, 0.29) is 0 Å². The minimum atomic E-state index is 0.513. The second kappa shape index (κ2) is 5.61. The molecule has 100 valence electrons. The number of fused-ring (bicyclic) bond motifs is 1. The van der Waals surface area contributed by atoms with Crippen LogP contribution in [-0.2, 0) is 6.54 Å². The molecule has 0 aliphatic carbocycles. The van der Waals surface area contributed by atoms with Crippen LogP contribution in [0.1, 0.15) is 37.3 Å². The standard InChI is InChI=1S/C15H23NO2/c1-10(2)7-11-8-16-9-12-13(17-3)5-6-14(18-4)15(11)12/h5-6,10-11,16H,7-9H2,1-4H3. The summed E-state index contributed by atoms with van der Waals surface area (Å²) in [4.78, 5) is 0. The van der Waals surface area contributed by atoms with E-state index in [4.69, 9.17) is 9.47 Å². The van der Waals surface area contributed by atoms with Gasteiger partial charge in [0.1, 0.15) is 11.5 Å². The van der Waals surface area contributed by atoms with Gasteiger partial charge in [-0.1, -0.05) is 13.8 Å². The zero-order valence-electron chi connectivity index (χ0n) is 11.7. The van der Waals surface area contributed by atoms with Gasteiger partial charge in [-0.15, -0.1) is 0 Å². The van der Waals surface area contributed by atoms with Crippen molar-refractivity contribution in [2.24, 2.45) is 5.92 Å². The van der Waals surface area contributed by atoms with E-state index in [1.54, 1.807) is 14.2 Å². The van der Waals surface area contributed by atoms with Gasteiger partial charge in [0.05, 0.1) is 14.2 Å². The lowest BCUT2D eigenvalue weighted by atomic mass is 9.84. The van der Waals surface area contributed by atoms with Crippen LogP contribution >= 0.6 is 0 Å². The summed E-state index contributed by atoms with van der Waals surface area (Å²) >= 11 is 0. The molecule has 0 fully saturated rings. The van der Waals surface area contributed by atoms with Gasteiger partial charge >= 0.3 is 0 Å². The Morgan fingerprint density at radius 2 is 1.89 bits per heavy atom. The van der Waals surface area contributed by atoms with Gasteiger partial charge in [-0.2, -0.15) is 0 Å². The Morgan fingerprint density at radius 3 is 2.50 bits per heavy atom. The number of ether oxygens (including phenoxy) is 2. The van der Waals surface area contributed by atoms with Crippen molar-refractivity contribution >= 4 is 0 Å². The Kier molecular flexibility index (Phi) is 4.12. The molecule has 1 aliphatic heterocycles. The predicted molar refractivity (Wildman–Crippen MR) is 73.4 cm³/mol. The average Bonchev–Trinajstić information content (AvgIpc) is 2.37. The second-order valence-corrected chi connectivity index (χ2v) is 5.32. The van der Waals surface area contributed by atoms with Crippen molar-refractivity contribution in [3.05, 3.63) is 23.3 Å². The first-order chi connectivity index (χ1) is 8.67. The fourth-order valence-corrected chi connectivity index (χ4v) is 2.87. The first-order valence-electron chi connectivity index (χ1n) is 6.61. The SMILES string of the molecule is COc1ccc(OC)c2c1CNCC2CC(C)C. The van der Waals surface area contributed by atoms with Crippen molar-refractivity contribution in [1.82, 2.24) is 5.32 Å². The summed E-state index contributed by atoms with van der Waals surface area (Å²) in [7, 11) is 3.48. The Labute approximate surface area is 109 Å². The molecular weight excluding hydrogens is 226 g/mol. The fourth-order valence-electron chi connectivity index (χ4n) is 2.87. The first kappa shape index (κ1) is 13.2. The molecule has 1 aromatic carbocycles. The average molecular weight is 249 g/mol. The molecule has 18 heavy (non-hydrogen) atoms. The summed E-state index contributed by atoms with van der Waals surface area (Å²) in [6, 6.07) is 4.02. The van der Waals surface area contributed by atoms with Gasteiger partial charge in [0, 0.05) is 30.1 Å². The van der Waals surface area contributed by atoms with Crippen molar-refractivity contribution < 1.29 is 9.47 Å². The number of benzene rings is 1. The van der Waals surface area contributed by atoms with Gasteiger partial charge < -0.3 is 14.8 Å². The van der Waals surface area contributed by atoms with E-state index >= 15 is 0 Å². The van der Waals surface area contributed by atoms with Crippen molar-refractivity contribution in [1.29, 1.82) is 0 Å². The Hall–Kier alpha value is -1.22. The maximum Gasteiger partial charge on any atom is 0.123 e. The molecule has 0 aromatic heterocycles. The highest BCUT2D eigenvalue weighted by Gasteiger charge is 2.26. The molecule has 1 aliphatic rings. The van der Waals surface area contributed by atoms with Gasteiger partial charge in [0.2, 0.25) is 0 Å². The van der Waals surface area contributed by atoms with E-state index < -0.39 is 0 Å². The van der Waals surface area contributed by atoms with E-state index in [0.717, 1.165) is 24.6 Å². The Bertz CT molecular complexity index is 415. The van der Waals surface area contributed by atoms with E-state index in [1.807, 2.05) is 12.1 Å². The molecule has 3 nitrogen and oxygen atoms in total. The molecule has 0 spiro atoms. The number of nitrogens with one attached hydrogen (secondary N) is 1. The van der Waals surface area contributed by atoms with Crippen LogP contribution in [0, 0.1) is 5.92 Å². The number of hydrogen-bond donors (Lipinski definition) is 1. The lowest BCUT2D eigenvalue weighted by Gasteiger charge is -2.30. The van der Waals surface area contributed by atoms with E-state index in [1.165, 1.54) is 17.5 Å². The van der Waals surface area contributed by atoms with Crippen LogP contribution in [0.15, 0.2) is 12.1 Å². The van der Waals surface area contributed by atoms with Gasteiger partial charge in [-0.3, -0.25) is 0 Å². The largest absolute Gasteiger partial charge is 0.496 e. The summed E-state index contributed by atoms with van der Waals surface area (Å²) < 4.78 is 11.0. The molecule has 1 atom stereocenters. The van der Waals surface area contributed by atoms with Crippen LogP contribution in [0.2, 0.25) is 0 Å². The van der Waals surface area contributed by atoms with Crippen molar-refractivity contribution in [2.45, 2.75) is 32.7 Å². The minimum Gasteiger partial charge on any atom is -0.496 e. The molecule has 0 saturated carbocycles. The highest BCUT2D eigenvalue weighted by atomic mass is 16.5. The molecule has 0 bridgehead atoms. The third-order valence-corrected chi connectivity index (χ3v) is 3.57. The first-order valence-corrected chi connectivity index (χ1v) is 6.61. The monoisotopic (exact) mass is 249 g/mol. The predicted octanol–water partition coefficient (Wildman–Crippen LogP) is 2.94. The van der Waals surface area contributed by atoms with Crippen molar-refractivity contribution in [2.75, 3.05) is 20.8 Å². The Morgan fingerprint density at radius 1 is 1.22 bits per heavy atom. The van der Waals surface area contributed by atoms with Crippen LogP contribution < -0.4 is 14.8 Å². The van der Waals surface area contributed by atoms with Crippen LogP contribution in [0.4, 0.5) is 0 Å². The van der Waals surface area contributed by atoms with Crippen LogP contribution in [0.25, 0.3) is 0 Å². The van der Waals surface area contributed by atoms with Crippen LogP contribution in [0.5, 0.6) is 11.5 Å². The molecule has 3 heteroatoms. The maximum atomic E-state index is 5.54. The Balaban J connectivity index is 2.45. The normalized spacial score (nSPS) is 18.6. The number of methoxy groups -OCH3 is 2. The topological polar surface area (TPSA) is 30.5 Å². The molecule has 2 rings (SSSR count). The number of rotatable bonds is 4. The smallest absolute Gasteiger partial charge is 0.123 e. The summed E-state index contributed by atoms with van der Waals surface area (Å²) in [5, 5.41) is 3.49. The van der Waals surface area contributed by atoms with Crippen molar-refractivity contribution in [3.8, 4) is 11.5 Å². The molecule has 1 N–H and O–H groups in total. The molecule has 0 saturated heterocycles. The second-order valence-electron chi connectivity index (χ2n) is 5.32. The highest BCUT2D eigenvalue weighted by Crippen LogP contribution is 2.40. The van der Waals surface area contributed by atoms with Crippen molar-refractivity contribution in [3.63, 3.8) is 0 Å². The zero-order chi connectivity index (χ0) is 13.1. The summed E-state index contributed by atoms with van der Waals surface area (Å²) in [6.07, 6.45) is 1.17. The van der Waals surface area contributed by atoms with Crippen LogP contribution in [-0.4, -0.2) is 20.8 Å². The lowest BCUT2D eigenvalue weighted by Crippen LogP contribution is -2.29. The summed E-state index contributed by atoms with van der Waals surface area (Å²) in [5.74, 6) is 3.15. The molecule has 1 unspecified atom stereocenters. The van der Waals surface area contributed by atoms with Gasteiger partial charge in [0.25, 0.3) is 0 Å². The maximum absolute atomic E-state index is 5.54. The number of hydrogen-bond acceptors (Lipinski definition) is 3. The molecule has 0 amide bonds. The van der Waals surface area contributed by atoms with Gasteiger partial charge in [-0.05, 0) is 24.5 Å². The molecule has 1 aromatic rings. The summed E-state index contributed by atoms with van der Waals surface area (Å²) in [5.41, 5.74) is 2.60. The summed E-state index contributed by atoms with van der Waals surface area (Å²) in [6.45, 7) is 6.42. The third-order valence-electron chi connectivity index (χ3n) is 3.57. The molecule has 0 radical (unpaired) electrons. The fraction of sp³-hybridized carbons (Fsp3) is 0.600. The minimum absolute atomic E-state index is 0.513. The van der Waals surface area contributed by atoms with E-state index in [9.17, 15) is 0 Å². The van der Waals surface area contributed by atoms with E-state index in [2.05, 4.69) is 19.2 Å².